The van der Waals surface area contributed by atoms with Crippen LogP contribution >= 0.6 is 0 Å². The van der Waals surface area contributed by atoms with Gasteiger partial charge >= 0.3 is 0 Å². The Morgan fingerprint density at radius 2 is 1.41 bits per heavy atom. The molecule has 1 fully saturated rings. The van der Waals surface area contributed by atoms with Crippen LogP contribution in [0.5, 0.6) is 0 Å². The number of nitrogens with one attached hydrogen (secondary N) is 1. The van der Waals surface area contributed by atoms with Crippen LogP contribution in [0.15, 0.2) is 60.7 Å². The summed E-state index contributed by atoms with van der Waals surface area (Å²) < 4.78 is 5.40. The first kappa shape index (κ1) is 15.2. The summed E-state index contributed by atoms with van der Waals surface area (Å²) >= 11 is 0. The molecule has 2 aromatic rings. The molecule has 1 saturated heterocycles. The number of nitrogens with zero attached hydrogens (tertiary/aromatic N) is 1. The van der Waals surface area contributed by atoms with Crippen molar-refractivity contribution in [1.82, 2.24) is 10.2 Å². The van der Waals surface area contributed by atoms with E-state index in [0.717, 1.165) is 39.4 Å². The summed E-state index contributed by atoms with van der Waals surface area (Å²) in [5.41, 5.74) is 2.63. The van der Waals surface area contributed by atoms with Gasteiger partial charge in [-0.05, 0) is 11.1 Å². The van der Waals surface area contributed by atoms with E-state index in [9.17, 15) is 0 Å². The van der Waals surface area contributed by atoms with Crippen molar-refractivity contribution >= 4 is 0 Å². The van der Waals surface area contributed by atoms with E-state index in [1.807, 2.05) is 0 Å². The molecule has 0 radical (unpaired) electrons. The zero-order chi connectivity index (χ0) is 15.0. The van der Waals surface area contributed by atoms with Crippen LogP contribution in [0, 0.1) is 0 Å². The van der Waals surface area contributed by atoms with Crippen molar-refractivity contribution in [2.45, 2.75) is 6.04 Å². The Balaban J connectivity index is 1.64. The molecular formula is C19H24N2O. The number of hydrogen-bond donors (Lipinski definition) is 1. The lowest BCUT2D eigenvalue weighted by atomic mass is 9.99. The zero-order valence-corrected chi connectivity index (χ0v) is 12.9. The molecule has 0 saturated carbocycles. The molecule has 116 valence electrons. The second kappa shape index (κ2) is 8.08. The largest absolute Gasteiger partial charge is 0.379 e. The van der Waals surface area contributed by atoms with Crippen molar-refractivity contribution in [2.75, 3.05) is 39.4 Å². The van der Waals surface area contributed by atoms with E-state index in [1.54, 1.807) is 0 Å². The number of benzene rings is 2. The Labute approximate surface area is 132 Å². The summed E-state index contributed by atoms with van der Waals surface area (Å²) in [6, 6.07) is 21.6. The Hall–Kier alpha value is -1.68. The van der Waals surface area contributed by atoms with E-state index in [-0.39, 0.29) is 6.04 Å². The van der Waals surface area contributed by atoms with Crippen LogP contribution in [0.3, 0.4) is 0 Å². The third kappa shape index (κ3) is 4.17. The SMILES string of the molecule is c1ccc(C(NCCN2CCOCC2)c2ccccc2)cc1. The molecule has 1 N–H and O–H groups in total. The number of ether oxygens (including phenoxy) is 1. The molecule has 1 aliphatic heterocycles. The first-order valence-corrected chi connectivity index (χ1v) is 8.07. The van der Waals surface area contributed by atoms with Crippen molar-refractivity contribution in [2.24, 2.45) is 0 Å². The van der Waals surface area contributed by atoms with E-state index in [0.29, 0.717) is 0 Å². The van der Waals surface area contributed by atoms with Crippen molar-refractivity contribution in [3.05, 3.63) is 71.8 Å². The lowest BCUT2D eigenvalue weighted by Crippen LogP contribution is -2.41. The molecule has 3 rings (SSSR count). The highest BCUT2D eigenvalue weighted by atomic mass is 16.5. The molecule has 22 heavy (non-hydrogen) atoms. The molecule has 0 amide bonds. The minimum atomic E-state index is 0.253. The highest BCUT2D eigenvalue weighted by Gasteiger charge is 2.14. The van der Waals surface area contributed by atoms with E-state index in [1.165, 1.54) is 11.1 Å². The van der Waals surface area contributed by atoms with Crippen LogP contribution in [0.1, 0.15) is 17.2 Å². The second-order valence-corrected chi connectivity index (χ2v) is 5.66. The summed E-state index contributed by atoms with van der Waals surface area (Å²) in [5.74, 6) is 0. The fraction of sp³-hybridized carbons (Fsp3) is 0.368. The summed E-state index contributed by atoms with van der Waals surface area (Å²) in [5, 5.41) is 3.72. The molecule has 3 heteroatoms. The molecule has 3 nitrogen and oxygen atoms in total. The van der Waals surface area contributed by atoms with Gasteiger partial charge in [-0.15, -0.1) is 0 Å². The quantitative estimate of drug-likeness (QED) is 0.887. The molecule has 0 atom stereocenters. The molecule has 0 bridgehead atoms. The van der Waals surface area contributed by atoms with Gasteiger partial charge in [-0.3, -0.25) is 4.90 Å². The van der Waals surface area contributed by atoms with Gasteiger partial charge in [-0.25, -0.2) is 0 Å². The fourth-order valence-electron chi connectivity index (χ4n) is 2.91. The average molecular weight is 296 g/mol. The average Bonchev–Trinajstić information content (AvgIpc) is 2.61. The third-order valence-electron chi connectivity index (χ3n) is 4.15. The summed E-state index contributed by atoms with van der Waals surface area (Å²) in [4.78, 5) is 2.46. The monoisotopic (exact) mass is 296 g/mol. The summed E-state index contributed by atoms with van der Waals surface area (Å²) in [6.45, 7) is 5.86. The first-order chi connectivity index (χ1) is 10.9. The van der Waals surface area contributed by atoms with Crippen LogP contribution < -0.4 is 5.32 Å². The molecule has 0 aromatic heterocycles. The Morgan fingerprint density at radius 3 is 1.95 bits per heavy atom. The zero-order valence-electron chi connectivity index (χ0n) is 12.9. The molecule has 1 heterocycles. The van der Waals surface area contributed by atoms with Gasteiger partial charge in [0.2, 0.25) is 0 Å². The number of rotatable bonds is 6. The number of hydrogen-bond acceptors (Lipinski definition) is 3. The van der Waals surface area contributed by atoms with E-state index >= 15 is 0 Å². The lowest BCUT2D eigenvalue weighted by Gasteiger charge is -2.28. The standard InChI is InChI=1S/C19H24N2O/c1-3-7-17(8-4-1)19(18-9-5-2-6-10-18)20-11-12-21-13-15-22-16-14-21/h1-10,19-20H,11-16H2. The van der Waals surface area contributed by atoms with Crippen LogP contribution in [0.25, 0.3) is 0 Å². The molecular weight excluding hydrogens is 272 g/mol. The van der Waals surface area contributed by atoms with Crippen molar-refractivity contribution in [3.63, 3.8) is 0 Å². The smallest absolute Gasteiger partial charge is 0.0594 e. The van der Waals surface area contributed by atoms with Gasteiger partial charge in [0, 0.05) is 26.2 Å². The van der Waals surface area contributed by atoms with Crippen molar-refractivity contribution in [1.29, 1.82) is 0 Å². The maximum atomic E-state index is 5.40. The highest BCUT2D eigenvalue weighted by molar-refractivity contribution is 5.31. The van der Waals surface area contributed by atoms with Crippen LogP contribution in [-0.4, -0.2) is 44.3 Å². The van der Waals surface area contributed by atoms with Crippen molar-refractivity contribution < 1.29 is 4.74 Å². The first-order valence-electron chi connectivity index (χ1n) is 8.07. The predicted molar refractivity (Wildman–Crippen MR) is 90.0 cm³/mol. The van der Waals surface area contributed by atoms with Gasteiger partial charge < -0.3 is 10.1 Å². The van der Waals surface area contributed by atoms with E-state index < -0.39 is 0 Å². The van der Waals surface area contributed by atoms with Crippen molar-refractivity contribution in [3.8, 4) is 0 Å². The van der Waals surface area contributed by atoms with Crippen LogP contribution in [0.4, 0.5) is 0 Å². The maximum Gasteiger partial charge on any atom is 0.0594 e. The van der Waals surface area contributed by atoms with Gasteiger partial charge in [0.15, 0.2) is 0 Å². The van der Waals surface area contributed by atoms with Gasteiger partial charge in [-0.1, -0.05) is 60.7 Å². The molecule has 0 unspecified atom stereocenters. The summed E-state index contributed by atoms with van der Waals surface area (Å²) in [7, 11) is 0. The minimum Gasteiger partial charge on any atom is -0.379 e. The van der Waals surface area contributed by atoms with E-state index in [2.05, 4.69) is 70.9 Å². The Bertz CT molecular complexity index is 498. The normalized spacial score (nSPS) is 16.0. The van der Waals surface area contributed by atoms with Gasteiger partial charge in [0.1, 0.15) is 0 Å². The molecule has 2 aromatic carbocycles. The summed E-state index contributed by atoms with van der Waals surface area (Å²) in [6.07, 6.45) is 0. The Kier molecular flexibility index (Phi) is 5.59. The third-order valence-corrected chi connectivity index (χ3v) is 4.15. The Morgan fingerprint density at radius 1 is 0.864 bits per heavy atom. The molecule has 1 aliphatic rings. The topological polar surface area (TPSA) is 24.5 Å². The number of morpholine rings is 1. The lowest BCUT2D eigenvalue weighted by molar-refractivity contribution is 0.0382. The van der Waals surface area contributed by atoms with Gasteiger partial charge in [0.25, 0.3) is 0 Å². The van der Waals surface area contributed by atoms with Crippen LogP contribution in [0.2, 0.25) is 0 Å². The van der Waals surface area contributed by atoms with Gasteiger partial charge in [-0.2, -0.15) is 0 Å². The molecule has 0 aliphatic carbocycles. The maximum absolute atomic E-state index is 5.40. The minimum absolute atomic E-state index is 0.253. The fourth-order valence-corrected chi connectivity index (χ4v) is 2.91. The van der Waals surface area contributed by atoms with E-state index in [4.69, 9.17) is 4.74 Å². The second-order valence-electron chi connectivity index (χ2n) is 5.66. The van der Waals surface area contributed by atoms with Crippen LogP contribution in [-0.2, 0) is 4.74 Å². The highest BCUT2D eigenvalue weighted by Crippen LogP contribution is 2.21. The molecule has 0 spiro atoms. The van der Waals surface area contributed by atoms with Gasteiger partial charge in [0.05, 0.1) is 19.3 Å². The predicted octanol–water partition coefficient (Wildman–Crippen LogP) is 2.70.